The highest BCUT2D eigenvalue weighted by Gasteiger charge is 2.29. The van der Waals surface area contributed by atoms with Gasteiger partial charge < -0.3 is 15.0 Å². The van der Waals surface area contributed by atoms with Crippen molar-refractivity contribution in [2.24, 2.45) is 0 Å². The van der Waals surface area contributed by atoms with E-state index in [1.54, 1.807) is 18.1 Å². The molecule has 1 N–H and O–H groups in total. The van der Waals surface area contributed by atoms with E-state index in [0.29, 0.717) is 25.3 Å². The van der Waals surface area contributed by atoms with Gasteiger partial charge >= 0.3 is 0 Å². The molecule has 0 radical (unpaired) electrons. The molecule has 0 atom stereocenters. The minimum Gasteiger partial charge on any atom is -0.496 e. The van der Waals surface area contributed by atoms with Crippen LogP contribution in [-0.4, -0.2) is 41.0 Å². The molecule has 4 heterocycles. The number of halogens is 1. The van der Waals surface area contributed by atoms with Gasteiger partial charge in [-0.15, -0.1) is 0 Å². The number of pyridine rings is 2. The molecule has 6 nitrogen and oxygen atoms in total. The van der Waals surface area contributed by atoms with E-state index in [1.807, 2.05) is 6.20 Å². The summed E-state index contributed by atoms with van der Waals surface area (Å²) >= 11 is 0. The van der Waals surface area contributed by atoms with Crippen molar-refractivity contribution < 1.29 is 13.9 Å². The monoisotopic (exact) mass is 560 g/mol. The van der Waals surface area contributed by atoms with E-state index >= 15 is 0 Å². The summed E-state index contributed by atoms with van der Waals surface area (Å²) in [5.74, 6) is 0.0579. The van der Waals surface area contributed by atoms with Crippen molar-refractivity contribution in [3.8, 4) is 39.4 Å². The lowest BCUT2D eigenvalue weighted by Gasteiger charge is -2.28. The van der Waals surface area contributed by atoms with Crippen LogP contribution in [-0.2, 0) is 43.6 Å². The molecule has 0 bridgehead atoms. The number of amides is 1. The first-order chi connectivity index (χ1) is 20.5. The Labute approximate surface area is 245 Å². The van der Waals surface area contributed by atoms with Crippen LogP contribution in [0.5, 0.6) is 5.75 Å². The Balaban J connectivity index is 1.46. The molecule has 0 fully saturated rings. The molecule has 0 spiro atoms. The first-order valence-corrected chi connectivity index (χ1v) is 14.7. The van der Waals surface area contributed by atoms with Gasteiger partial charge in [0, 0.05) is 66.3 Å². The largest absolute Gasteiger partial charge is 0.496 e. The summed E-state index contributed by atoms with van der Waals surface area (Å²) in [6, 6.07) is 13.6. The van der Waals surface area contributed by atoms with E-state index in [4.69, 9.17) is 14.7 Å². The Kier molecular flexibility index (Phi) is 6.82. The van der Waals surface area contributed by atoms with Gasteiger partial charge in [0.05, 0.1) is 18.5 Å². The summed E-state index contributed by atoms with van der Waals surface area (Å²) < 4.78 is 20.1. The van der Waals surface area contributed by atoms with Crippen LogP contribution in [0, 0.1) is 5.82 Å². The maximum absolute atomic E-state index is 14.3. The number of nitrogens with zero attached hydrogens (tertiary/aromatic N) is 3. The lowest BCUT2D eigenvalue weighted by molar-refractivity contribution is -0.126. The maximum Gasteiger partial charge on any atom is 0.246 e. The number of aromatic nitrogens is 2. The van der Waals surface area contributed by atoms with E-state index in [2.05, 4.69) is 36.2 Å². The Bertz CT molecular complexity index is 1750. The molecule has 2 aromatic carbocycles. The highest BCUT2D eigenvalue weighted by atomic mass is 19.1. The molecule has 2 aliphatic heterocycles. The summed E-state index contributed by atoms with van der Waals surface area (Å²) in [5.41, 5.74) is 12.8. The number of benzene rings is 2. The Morgan fingerprint density at radius 1 is 1.00 bits per heavy atom. The van der Waals surface area contributed by atoms with Crippen molar-refractivity contribution in [2.75, 3.05) is 20.2 Å². The van der Waals surface area contributed by atoms with E-state index in [0.717, 1.165) is 83.7 Å². The van der Waals surface area contributed by atoms with Gasteiger partial charge in [-0.2, -0.15) is 0 Å². The normalized spacial score (nSPS) is 15.5. The Hall–Kier alpha value is -4.36. The molecule has 0 saturated carbocycles. The van der Waals surface area contributed by atoms with Gasteiger partial charge in [0.1, 0.15) is 11.6 Å². The molecule has 1 amide bonds. The number of carbonyl (C=O) groups is 1. The number of nitrogens with one attached hydrogen (secondary N) is 1. The fourth-order valence-electron chi connectivity index (χ4n) is 6.77. The van der Waals surface area contributed by atoms with Crippen LogP contribution in [0.3, 0.4) is 0 Å². The molecular formula is C35H33FN4O2. The van der Waals surface area contributed by atoms with Gasteiger partial charge in [-0.3, -0.25) is 9.78 Å². The minimum absolute atomic E-state index is 0.0802. The van der Waals surface area contributed by atoms with Crippen molar-refractivity contribution in [3.63, 3.8) is 0 Å². The third-order valence-corrected chi connectivity index (χ3v) is 8.86. The number of ether oxygens (including phenoxy) is 1. The first-order valence-electron chi connectivity index (χ1n) is 14.7. The Morgan fingerprint density at radius 2 is 1.86 bits per heavy atom. The third kappa shape index (κ3) is 4.58. The fraction of sp³-hybridized carbons (Fsp3) is 0.286. The predicted octanol–water partition coefficient (Wildman–Crippen LogP) is 5.83. The summed E-state index contributed by atoms with van der Waals surface area (Å²) in [6.07, 6.45) is 7.83. The van der Waals surface area contributed by atoms with E-state index < -0.39 is 0 Å². The predicted molar refractivity (Wildman–Crippen MR) is 162 cm³/mol. The average Bonchev–Trinajstić information content (AvgIpc) is 3.53. The van der Waals surface area contributed by atoms with Gasteiger partial charge in [0.2, 0.25) is 5.91 Å². The molecule has 42 heavy (non-hydrogen) atoms. The second kappa shape index (κ2) is 10.8. The molecule has 212 valence electrons. The molecule has 3 aliphatic rings. The van der Waals surface area contributed by atoms with Crippen molar-refractivity contribution in [2.45, 2.75) is 45.2 Å². The quantitative estimate of drug-likeness (QED) is 0.311. The summed E-state index contributed by atoms with van der Waals surface area (Å²) in [4.78, 5) is 24.5. The number of carbonyl (C=O) groups excluding carboxylic acids is 1. The zero-order valence-electron chi connectivity index (χ0n) is 23.8. The Morgan fingerprint density at radius 3 is 2.71 bits per heavy atom. The molecular weight excluding hydrogens is 527 g/mol. The van der Waals surface area contributed by atoms with Gasteiger partial charge in [-0.25, -0.2) is 9.37 Å². The lowest BCUT2D eigenvalue weighted by atomic mass is 9.88. The number of hydrogen-bond acceptors (Lipinski definition) is 5. The zero-order valence-corrected chi connectivity index (χ0v) is 23.8. The topological polar surface area (TPSA) is 67.4 Å². The molecule has 4 aromatic rings. The summed E-state index contributed by atoms with van der Waals surface area (Å²) in [5, 5.41) is 3.46. The van der Waals surface area contributed by atoms with Crippen molar-refractivity contribution in [3.05, 3.63) is 101 Å². The SMILES string of the molecule is C=CC(=O)N1CCc2ncc(-c3nc(-c4ccc5c(c4)CCNC5)c4c(c3-c3ccc(F)cc3OC)CCC4)cc2C1. The standard InChI is InChI=1S/C35H33FN4O2/c1-3-32(41)40-14-12-30-25(20-40)16-24(19-38-30)35-33(29-10-9-26(36)17-31(29)42-2)27-5-4-6-28(27)34(39-35)22-7-8-23-18-37-13-11-21(23)15-22/h3,7-10,15-17,19,37H,1,4-6,11-14,18,20H2,2H3. The number of fused-ring (bicyclic) bond motifs is 3. The van der Waals surface area contributed by atoms with Crippen molar-refractivity contribution >= 4 is 5.91 Å². The molecule has 0 unspecified atom stereocenters. The van der Waals surface area contributed by atoms with Crippen molar-refractivity contribution in [1.82, 2.24) is 20.2 Å². The van der Waals surface area contributed by atoms with Crippen LogP contribution >= 0.6 is 0 Å². The summed E-state index contributed by atoms with van der Waals surface area (Å²) in [6.45, 7) is 6.63. The van der Waals surface area contributed by atoms with Crippen LogP contribution in [0.25, 0.3) is 33.6 Å². The van der Waals surface area contributed by atoms with Gasteiger partial charge in [0.15, 0.2) is 0 Å². The molecule has 2 aromatic heterocycles. The van der Waals surface area contributed by atoms with Crippen molar-refractivity contribution in [1.29, 1.82) is 0 Å². The third-order valence-electron chi connectivity index (χ3n) is 8.86. The fourth-order valence-corrected chi connectivity index (χ4v) is 6.77. The highest BCUT2D eigenvalue weighted by Crippen LogP contribution is 2.46. The van der Waals surface area contributed by atoms with E-state index in [9.17, 15) is 9.18 Å². The smallest absolute Gasteiger partial charge is 0.246 e. The number of methoxy groups -OCH3 is 1. The van der Waals surface area contributed by atoms with Gasteiger partial charge in [0.25, 0.3) is 0 Å². The summed E-state index contributed by atoms with van der Waals surface area (Å²) in [7, 11) is 1.58. The average molecular weight is 561 g/mol. The molecule has 1 aliphatic carbocycles. The van der Waals surface area contributed by atoms with Gasteiger partial charge in [-0.05, 0) is 90.4 Å². The second-order valence-corrected chi connectivity index (χ2v) is 11.3. The molecule has 0 saturated heterocycles. The minimum atomic E-state index is -0.343. The van der Waals surface area contributed by atoms with E-state index in [-0.39, 0.29) is 11.7 Å². The number of rotatable bonds is 5. The molecule has 7 rings (SSSR count). The highest BCUT2D eigenvalue weighted by molar-refractivity contribution is 5.90. The van der Waals surface area contributed by atoms with E-state index in [1.165, 1.54) is 40.5 Å². The van der Waals surface area contributed by atoms with Crippen LogP contribution in [0.15, 0.2) is 61.3 Å². The van der Waals surface area contributed by atoms with Crippen LogP contribution in [0.4, 0.5) is 4.39 Å². The lowest BCUT2D eigenvalue weighted by Crippen LogP contribution is -2.35. The maximum atomic E-state index is 14.3. The number of hydrogen-bond donors (Lipinski definition) is 1. The molecule has 7 heteroatoms. The van der Waals surface area contributed by atoms with Crippen LogP contribution in [0.1, 0.15) is 39.9 Å². The first kappa shape index (κ1) is 26.5. The van der Waals surface area contributed by atoms with Crippen LogP contribution in [0.2, 0.25) is 0 Å². The second-order valence-electron chi connectivity index (χ2n) is 11.3. The zero-order chi connectivity index (χ0) is 28.8. The van der Waals surface area contributed by atoms with Crippen LogP contribution < -0.4 is 10.1 Å². The van der Waals surface area contributed by atoms with Gasteiger partial charge in [-0.1, -0.05) is 18.7 Å².